The summed E-state index contributed by atoms with van der Waals surface area (Å²) in [6.45, 7) is 1.87. The number of hydrogen-bond donors (Lipinski definition) is 1. The Morgan fingerprint density at radius 2 is 1.78 bits per heavy atom. The molecule has 140 valence electrons. The number of aromatic nitrogens is 1. The van der Waals surface area contributed by atoms with Gasteiger partial charge < -0.3 is 5.32 Å². The largest absolute Gasteiger partial charge is 0.302 e. The van der Waals surface area contributed by atoms with E-state index in [4.69, 9.17) is 11.6 Å². The summed E-state index contributed by atoms with van der Waals surface area (Å²) in [5.74, 6) is -0.669. The van der Waals surface area contributed by atoms with Crippen LogP contribution >= 0.6 is 22.9 Å². The zero-order valence-electron chi connectivity index (χ0n) is 14.5. The first kappa shape index (κ1) is 19.5. The predicted molar refractivity (Wildman–Crippen MR) is 109 cm³/mol. The van der Waals surface area contributed by atoms with Crippen LogP contribution in [0.5, 0.6) is 0 Å². The van der Waals surface area contributed by atoms with Crippen LogP contribution in [0, 0.1) is 6.92 Å². The molecule has 0 radical (unpaired) electrons. The molecule has 0 spiro atoms. The van der Waals surface area contributed by atoms with Crippen LogP contribution < -0.4 is 5.32 Å². The van der Waals surface area contributed by atoms with Gasteiger partial charge in [-0.15, -0.1) is 0 Å². The minimum Gasteiger partial charge on any atom is -0.302 e. The van der Waals surface area contributed by atoms with E-state index in [1.807, 2.05) is 37.3 Å². The number of nitrogens with one attached hydrogen (secondary N) is 1. The lowest BCUT2D eigenvalue weighted by Crippen LogP contribution is -2.17. The Hall–Kier alpha value is -2.22. The van der Waals surface area contributed by atoms with Gasteiger partial charge in [0, 0.05) is 11.4 Å². The zero-order chi connectivity index (χ0) is 19.4. The van der Waals surface area contributed by atoms with E-state index in [9.17, 15) is 13.2 Å². The standard InChI is InChI=1S/C19H17ClN2O3S2/c1-13-18(14-5-3-2-4-6-14)26-19(21-13)22-17(23)11-12-27(24,25)16-9-7-15(20)8-10-16/h2-10H,11-12H2,1H3,(H,21,22,23). The monoisotopic (exact) mass is 420 g/mol. The van der Waals surface area contributed by atoms with Crippen molar-refractivity contribution in [2.75, 3.05) is 11.1 Å². The van der Waals surface area contributed by atoms with Crippen LogP contribution in [0.25, 0.3) is 10.4 Å². The summed E-state index contributed by atoms with van der Waals surface area (Å²) in [5.41, 5.74) is 1.84. The Morgan fingerprint density at radius 1 is 1.11 bits per heavy atom. The third kappa shape index (κ3) is 4.94. The fraction of sp³-hybridized carbons (Fsp3) is 0.158. The Labute approximate surface area is 167 Å². The fourth-order valence-corrected chi connectivity index (χ4v) is 4.83. The van der Waals surface area contributed by atoms with Gasteiger partial charge in [0.2, 0.25) is 5.91 Å². The number of halogens is 1. The molecule has 0 saturated heterocycles. The summed E-state index contributed by atoms with van der Waals surface area (Å²) in [4.78, 5) is 17.7. The molecule has 0 bridgehead atoms. The van der Waals surface area contributed by atoms with E-state index in [2.05, 4.69) is 10.3 Å². The Kier molecular flexibility index (Phi) is 5.94. The fourth-order valence-electron chi connectivity index (χ4n) is 2.48. The average molecular weight is 421 g/mol. The Balaban J connectivity index is 1.64. The van der Waals surface area contributed by atoms with E-state index < -0.39 is 9.84 Å². The molecule has 0 saturated carbocycles. The molecular formula is C19H17ClN2O3S2. The van der Waals surface area contributed by atoms with Crippen LogP contribution in [-0.4, -0.2) is 25.1 Å². The van der Waals surface area contributed by atoms with E-state index in [0.29, 0.717) is 10.2 Å². The molecule has 1 aromatic heterocycles. The number of aryl methyl sites for hydroxylation is 1. The molecule has 1 N–H and O–H groups in total. The van der Waals surface area contributed by atoms with Crippen LogP contribution in [0.2, 0.25) is 5.02 Å². The number of nitrogens with zero attached hydrogens (tertiary/aromatic N) is 1. The maximum atomic E-state index is 12.3. The van der Waals surface area contributed by atoms with Gasteiger partial charge in [0.1, 0.15) is 0 Å². The third-order valence-electron chi connectivity index (χ3n) is 3.85. The molecule has 3 aromatic rings. The van der Waals surface area contributed by atoms with Crippen molar-refractivity contribution in [3.63, 3.8) is 0 Å². The second kappa shape index (κ2) is 8.21. The van der Waals surface area contributed by atoms with Crippen molar-refractivity contribution in [1.29, 1.82) is 0 Å². The average Bonchev–Trinajstić information content (AvgIpc) is 3.01. The van der Waals surface area contributed by atoms with Crippen LogP contribution in [0.3, 0.4) is 0 Å². The van der Waals surface area contributed by atoms with Gasteiger partial charge in [0.15, 0.2) is 15.0 Å². The number of carbonyl (C=O) groups excluding carboxylic acids is 1. The summed E-state index contributed by atoms with van der Waals surface area (Å²) < 4.78 is 24.6. The molecule has 0 aliphatic carbocycles. The first-order chi connectivity index (χ1) is 12.8. The van der Waals surface area contributed by atoms with Crippen molar-refractivity contribution in [1.82, 2.24) is 4.98 Å². The van der Waals surface area contributed by atoms with Crippen molar-refractivity contribution in [3.05, 3.63) is 65.3 Å². The quantitative estimate of drug-likeness (QED) is 0.633. The van der Waals surface area contributed by atoms with E-state index in [1.54, 1.807) is 0 Å². The van der Waals surface area contributed by atoms with Crippen LogP contribution in [0.1, 0.15) is 12.1 Å². The van der Waals surface area contributed by atoms with Crippen LogP contribution in [0.4, 0.5) is 5.13 Å². The van der Waals surface area contributed by atoms with Gasteiger partial charge in [-0.2, -0.15) is 0 Å². The minimum atomic E-state index is -3.55. The highest BCUT2D eigenvalue weighted by atomic mass is 35.5. The summed E-state index contributed by atoms with van der Waals surface area (Å²) in [6, 6.07) is 15.7. The highest BCUT2D eigenvalue weighted by molar-refractivity contribution is 7.91. The molecule has 1 amide bonds. The van der Waals surface area contributed by atoms with E-state index in [0.717, 1.165) is 16.1 Å². The molecule has 0 unspecified atom stereocenters. The molecule has 8 heteroatoms. The predicted octanol–water partition coefficient (Wildman–Crippen LogP) is 4.57. The topological polar surface area (TPSA) is 76.1 Å². The normalized spacial score (nSPS) is 11.3. The number of benzene rings is 2. The summed E-state index contributed by atoms with van der Waals surface area (Å²) in [7, 11) is -3.55. The highest BCUT2D eigenvalue weighted by Crippen LogP contribution is 2.32. The van der Waals surface area contributed by atoms with Gasteiger partial charge in [-0.1, -0.05) is 53.3 Å². The van der Waals surface area contributed by atoms with Gasteiger partial charge in [-0.25, -0.2) is 13.4 Å². The number of sulfone groups is 1. The van der Waals surface area contributed by atoms with Crippen LogP contribution in [0.15, 0.2) is 59.5 Å². The molecule has 2 aromatic carbocycles. The summed E-state index contributed by atoms with van der Waals surface area (Å²) in [6.07, 6.45) is -0.149. The zero-order valence-corrected chi connectivity index (χ0v) is 16.9. The molecule has 3 rings (SSSR count). The molecule has 0 aliphatic heterocycles. The van der Waals surface area contributed by atoms with Gasteiger partial charge in [-0.05, 0) is 36.8 Å². The second-order valence-electron chi connectivity index (χ2n) is 5.87. The molecular weight excluding hydrogens is 404 g/mol. The van der Waals surface area contributed by atoms with Gasteiger partial charge in [0.05, 0.1) is 21.2 Å². The number of amides is 1. The lowest BCUT2D eigenvalue weighted by Gasteiger charge is -2.05. The molecule has 0 atom stereocenters. The number of thiazole rings is 1. The Bertz CT molecular complexity index is 1050. The van der Waals surface area contributed by atoms with E-state index in [-0.39, 0.29) is 23.0 Å². The maximum absolute atomic E-state index is 12.3. The highest BCUT2D eigenvalue weighted by Gasteiger charge is 2.18. The van der Waals surface area contributed by atoms with Crippen molar-refractivity contribution < 1.29 is 13.2 Å². The number of carbonyl (C=O) groups is 1. The number of rotatable bonds is 6. The smallest absolute Gasteiger partial charge is 0.227 e. The van der Waals surface area contributed by atoms with Crippen molar-refractivity contribution in [2.45, 2.75) is 18.2 Å². The Morgan fingerprint density at radius 3 is 2.44 bits per heavy atom. The molecule has 0 aliphatic rings. The molecule has 5 nitrogen and oxygen atoms in total. The lowest BCUT2D eigenvalue weighted by atomic mass is 10.2. The molecule has 0 fully saturated rings. The van der Waals surface area contributed by atoms with Gasteiger partial charge in [-0.3, -0.25) is 4.79 Å². The van der Waals surface area contributed by atoms with Gasteiger partial charge >= 0.3 is 0 Å². The lowest BCUT2D eigenvalue weighted by molar-refractivity contribution is -0.115. The summed E-state index contributed by atoms with van der Waals surface area (Å²) in [5, 5.41) is 3.61. The third-order valence-corrected chi connectivity index (χ3v) is 6.96. The van der Waals surface area contributed by atoms with Crippen molar-refractivity contribution in [2.24, 2.45) is 0 Å². The number of hydrogen-bond acceptors (Lipinski definition) is 5. The maximum Gasteiger partial charge on any atom is 0.227 e. The first-order valence-electron chi connectivity index (χ1n) is 8.16. The van der Waals surface area contributed by atoms with Gasteiger partial charge in [0.25, 0.3) is 0 Å². The minimum absolute atomic E-state index is 0.149. The molecule has 27 heavy (non-hydrogen) atoms. The van der Waals surface area contributed by atoms with Crippen molar-refractivity contribution >= 4 is 43.8 Å². The molecule has 1 heterocycles. The number of anilines is 1. The first-order valence-corrected chi connectivity index (χ1v) is 11.0. The SMILES string of the molecule is Cc1nc(NC(=O)CCS(=O)(=O)c2ccc(Cl)cc2)sc1-c1ccccc1. The van der Waals surface area contributed by atoms with Crippen LogP contribution in [-0.2, 0) is 14.6 Å². The van der Waals surface area contributed by atoms with E-state index >= 15 is 0 Å². The van der Waals surface area contributed by atoms with E-state index in [1.165, 1.54) is 35.6 Å². The van der Waals surface area contributed by atoms with Crippen molar-refractivity contribution in [3.8, 4) is 10.4 Å². The summed E-state index contributed by atoms with van der Waals surface area (Å²) >= 11 is 7.14. The second-order valence-corrected chi connectivity index (χ2v) is 9.42.